The second kappa shape index (κ2) is 5.62. The molecule has 4 N–H and O–H groups in total. The largest absolute Gasteiger partial charge is 0.329 e. The molecule has 0 fully saturated rings. The molecule has 0 radical (unpaired) electrons. The Labute approximate surface area is 87.5 Å². The molecular formula is C9H15N3OS. The number of carbonyl (C=O) groups is 1. The zero-order chi connectivity index (χ0) is 10.4. The summed E-state index contributed by atoms with van der Waals surface area (Å²) in [7, 11) is 0. The van der Waals surface area contributed by atoms with Crippen molar-refractivity contribution < 1.29 is 4.79 Å². The standard InChI is InChI=1S/C9H15N3OS/c1-2-4-7(11-9(13)12-10)8-5-3-6-14-8/h3,5-7H,2,4,10H2,1H3,(H2,11,12,13). The molecule has 0 aliphatic rings. The first-order chi connectivity index (χ1) is 6.77. The molecule has 0 aliphatic carbocycles. The number of nitrogens with two attached hydrogens (primary N) is 1. The molecule has 2 amide bonds. The second-order valence-electron chi connectivity index (χ2n) is 2.97. The van der Waals surface area contributed by atoms with E-state index in [4.69, 9.17) is 5.84 Å². The smallest absolute Gasteiger partial charge is 0.329 e. The van der Waals surface area contributed by atoms with E-state index < -0.39 is 0 Å². The van der Waals surface area contributed by atoms with Gasteiger partial charge < -0.3 is 5.32 Å². The van der Waals surface area contributed by atoms with Gasteiger partial charge in [-0.1, -0.05) is 19.4 Å². The highest BCUT2D eigenvalue weighted by Crippen LogP contribution is 2.22. The highest BCUT2D eigenvalue weighted by molar-refractivity contribution is 7.10. The molecule has 1 unspecified atom stereocenters. The van der Waals surface area contributed by atoms with Crippen LogP contribution in [-0.4, -0.2) is 6.03 Å². The summed E-state index contributed by atoms with van der Waals surface area (Å²) in [6.45, 7) is 2.09. The summed E-state index contributed by atoms with van der Waals surface area (Å²) in [5.74, 6) is 5.01. The van der Waals surface area contributed by atoms with Gasteiger partial charge in [0.15, 0.2) is 0 Å². The van der Waals surface area contributed by atoms with Crippen molar-refractivity contribution in [2.24, 2.45) is 5.84 Å². The minimum absolute atomic E-state index is 0.0727. The van der Waals surface area contributed by atoms with Gasteiger partial charge in [0, 0.05) is 4.88 Å². The quantitative estimate of drug-likeness (QED) is 0.405. The summed E-state index contributed by atoms with van der Waals surface area (Å²) in [6, 6.07) is 3.73. The van der Waals surface area contributed by atoms with E-state index in [0.717, 1.165) is 17.7 Å². The van der Waals surface area contributed by atoms with Crippen LogP contribution in [0.4, 0.5) is 4.79 Å². The number of hydrogen-bond acceptors (Lipinski definition) is 3. The Morgan fingerprint density at radius 3 is 3.00 bits per heavy atom. The summed E-state index contributed by atoms with van der Waals surface area (Å²) in [5, 5.41) is 4.81. The van der Waals surface area contributed by atoms with Crippen molar-refractivity contribution in [3.8, 4) is 0 Å². The third-order valence-electron chi connectivity index (χ3n) is 1.90. The monoisotopic (exact) mass is 213 g/mol. The van der Waals surface area contributed by atoms with E-state index >= 15 is 0 Å². The Morgan fingerprint density at radius 1 is 1.71 bits per heavy atom. The molecule has 14 heavy (non-hydrogen) atoms. The van der Waals surface area contributed by atoms with E-state index in [0.29, 0.717) is 0 Å². The summed E-state index contributed by atoms with van der Waals surface area (Å²) >= 11 is 1.64. The van der Waals surface area contributed by atoms with E-state index in [1.165, 1.54) is 0 Å². The first kappa shape index (κ1) is 11.0. The highest BCUT2D eigenvalue weighted by atomic mass is 32.1. The van der Waals surface area contributed by atoms with Crippen LogP contribution in [0.2, 0.25) is 0 Å². The van der Waals surface area contributed by atoms with Crippen molar-refractivity contribution in [1.29, 1.82) is 0 Å². The van der Waals surface area contributed by atoms with E-state index in [9.17, 15) is 4.79 Å². The average molecular weight is 213 g/mol. The Kier molecular flexibility index (Phi) is 4.42. The van der Waals surface area contributed by atoms with E-state index in [1.807, 2.05) is 17.5 Å². The zero-order valence-electron chi connectivity index (χ0n) is 8.12. The van der Waals surface area contributed by atoms with Crippen molar-refractivity contribution >= 4 is 17.4 Å². The molecule has 1 aromatic heterocycles. The minimum Gasteiger partial charge on any atom is -0.329 e. The minimum atomic E-state index is -0.336. The van der Waals surface area contributed by atoms with Crippen LogP contribution in [0.3, 0.4) is 0 Å². The third-order valence-corrected chi connectivity index (χ3v) is 2.89. The van der Waals surface area contributed by atoms with Gasteiger partial charge in [-0.05, 0) is 17.9 Å². The van der Waals surface area contributed by atoms with Crippen molar-refractivity contribution in [3.05, 3.63) is 22.4 Å². The van der Waals surface area contributed by atoms with Crippen LogP contribution < -0.4 is 16.6 Å². The number of hydrogen-bond donors (Lipinski definition) is 3. The predicted molar refractivity (Wildman–Crippen MR) is 57.8 cm³/mol. The summed E-state index contributed by atoms with van der Waals surface area (Å²) in [4.78, 5) is 12.2. The SMILES string of the molecule is CCCC(NC(=O)NN)c1cccs1. The zero-order valence-corrected chi connectivity index (χ0v) is 8.93. The summed E-state index contributed by atoms with van der Waals surface area (Å²) < 4.78 is 0. The Hall–Kier alpha value is -1.07. The molecule has 1 aromatic rings. The molecule has 0 saturated carbocycles. The lowest BCUT2D eigenvalue weighted by molar-refractivity contribution is 0.236. The number of urea groups is 1. The van der Waals surface area contributed by atoms with Gasteiger partial charge in [0.1, 0.15) is 0 Å². The molecule has 1 rings (SSSR count). The van der Waals surface area contributed by atoms with Gasteiger partial charge in [0.2, 0.25) is 0 Å². The van der Waals surface area contributed by atoms with Crippen LogP contribution in [0.15, 0.2) is 17.5 Å². The number of thiophene rings is 1. The number of hydrazine groups is 1. The van der Waals surface area contributed by atoms with Crippen LogP contribution in [0.25, 0.3) is 0 Å². The topological polar surface area (TPSA) is 67.2 Å². The fraction of sp³-hybridized carbons (Fsp3) is 0.444. The lowest BCUT2D eigenvalue weighted by Crippen LogP contribution is -2.41. The lowest BCUT2D eigenvalue weighted by Gasteiger charge is -2.15. The fourth-order valence-corrected chi connectivity index (χ4v) is 2.08. The Bertz CT molecular complexity index is 274. The van der Waals surface area contributed by atoms with Crippen molar-refractivity contribution in [2.75, 3.05) is 0 Å². The molecular weight excluding hydrogens is 198 g/mol. The van der Waals surface area contributed by atoms with Crippen LogP contribution in [0, 0.1) is 0 Å². The summed E-state index contributed by atoms with van der Waals surface area (Å²) in [6.07, 6.45) is 1.95. The van der Waals surface area contributed by atoms with Crippen molar-refractivity contribution in [3.63, 3.8) is 0 Å². The predicted octanol–water partition coefficient (Wildman–Crippen LogP) is 1.76. The number of rotatable bonds is 4. The number of carbonyl (C=O) groups excluding carboxylic acids is 1. The van der Waals surface area contributed by atoms with Crippen molar-refractivity contribution in [2.45, 2.75) is 25.8 Å². The van der Waals surface area contributed by atoms with Gasteiger partial charge >= 0.3 is 6.03 Å². The van der Waals surface area contributed by atoms with Gasteiger partial charge in [-0.3, -0.25) is 5.43 Å². The fourth-order valence-electron chi connectivity index (χ4n) is 1.26. The number of amides is 2. The Morgan fingerprint density at radius 2 is 2.50 bits per heavy atom. The molecule has 1 heterocycles. The summed E-state index contributed by atoms with van der Waals surface area (Å²) in [5.41, 5.74) is 2.07. The molecule has 0 spiro atoms. The second-order valence-corrected chi connectivity index (χ2v) is 3.95. The third kappa shape index (κ3) is 3.01. The molecule has 0 aliphatic heterocycles. The molecule has 1 atom stereocenters. The van der Waals surface area contributed by atoms with Crippen LogP contribution in [0.1, 0.15) is 30.7 Å². The van der Waals surface area contributed by atoms with Gasteiger partial charge in [-0.25, -0.2) is 10.6 Å². The average Bonchev–Trinajstić information content (AvgIpc) is 2.69. The van der Waals surface area contributed by atoms with Gasteiger partial charge in [-0.2, -0.15) is 0 Å². The van der Waals surface area contributed by atoms with Gasteiger partial charge in [0.25, 0.3) is 0 Å². The maximum absolute atomic E-state index is 11.0. The Balaban J connectivity index is 2.60. The lowest BCUT2D eigenvalue weighted by atomic mass is 10.1. The molecule has 5 heteroatoms. The molecule has 0 bridgehead atoms. The van der Waals surface area contributed by atoms with Crippen LogP contribution >= 0.6 is 11.3 Å². The number of nitrogens with one attached hydrogen (secondary N) is 2. The van der Waals surface area contributed by atoms with Crippen molar-refractivity contribution in [1.82, 2.24) is 10.7 Å². The van der Waals surface area contributed by atoms with Gasteiger partial charge in [-0.15, -0.1) is 11.3 Å². The van der Waals surface area contributed by atoms with Gasteiger partial charge in [0.05, 0.1) is 6.04 Å². The first-order valence-corrected chi connectivity index (χ1v) is 5.46. The normalized spacial score (nSPS) is 12.1. The first-order valence-electron chi connectivity index (χ1n) is 4.58. The van der Waals surface area contributed by atoms with Crippen LogP contribution in [-0.2, 0) is 0 Å². The molecule has 4 nitrogen and oxygen atoms in total. The van der Waals surface area contributed by atoms with E-state index in [2.05, 4.69) is 17.7 Å². The molecule has 0 saturated heterocycles. The maximum Gasteiger partial charge on any atom is 0.329 e. The maximum atomic E-state index is 11.0. The molecule has 78 valence electrons. The van der Waals surface area contributed by atoms with E-state index in [1.54, 1.807) is 11.3 Å². The highest BCUT2D eigenvalue weighted by Gasteiger charge is 2.13. The van der Waals surface area contributed by atoms with E-state index in [-0.39, 0.29) is 12.1 Å². The van der Waals surface area contributed by atoms with Crippen LogP contribution in [0.5, 0.6) is 0 Å². The molecule has 0 aromatic carbocycles.